The van der Waals surface area contributed by atoms with E-state index in [1.807, 2.05) is 12.1 Å². The Labute approximate surface area is 162 Å². The van der Waals surface area contributed by atoms with Crippen LogP contribution in [0.3, 0.4) is 0 Å². The first-order chi connectivity index (χ1) is 13.4. The van der Waals surface area contributed by atoms with Gasteiger partial charge in [0.25, 0.3) is 5.91 Å². The maximum Gasteiger partial charge on any atom is 0.279 e. The molecule has 2 unspecified atom stereocenters. The van der Waals surface area contributed by atoms with Crippen molar-refractivity contribution in [3.63, 3.8) is 0 Å². The summed E-state index contributed by atoms with van der Waals surface area (Å²) in [5.74, 6) is -1.85. The summed E-state index contributed by atoms with van der Waals surface area (Å²) in [6.07, 6.45) is 1.73. The lowest BCUT2D eigenvalue weighted by atomic mass is 10.0. The van der Waals surface area contributed by atoms with Crippen molar-refractivity contribution in [2.24, 2.45) is 5.92 Å². The van der Waals surface area contributed by atoms with Gasteiger partial charge in [0.1, 0.15) is 12.4 Å². The molecule has 0 spiro atoms. The molecule has 2 atom stereocenters. The van der Waals surface area contributed by atoms with Crippen molar-refractivity contribution < 1.29 is 33.1 Å². The number of sulfone groups is 1. The Balaban J connectivity index is 1.74. The van der Waals surface area contributed by atoms with Crippen LogP contribution in [0.15, 0.2) is 53.6 Å². The molecular formula is C18H20N2O7S. The molecule has 1 aromatic carbocycles. The zero-order valence-electron chi connectivity index (χ0n) is 14.8. The zero-order chi connectivity index (χ0) is 20.1. The molecule has 1 aliphatic heterocycles. The average Bonchev–Trinajstić information content (AvgIpc) is 2.72. The van der Waals surface area contributed by atoms with Gasteiger partial charge in [0.05, 0.1) is 28.4 Å². The highest BCUT2D eigenvalue weighted by molar-refractivity contribution is 7.92. The quantitative estimate of drug-likeness (QED) is 0.543. The first-order valence-corrected chi connectivity index (χ1v) is 10.1. The second-order valence-corrected chi connectivity index (χ2v) is 8.43. The van der Waals surface area contributed by atoms with Gasteiger partial charge in [-0.15, -0.1) is 0 Å². The van der Waals surface area contributed by atoms with E-state index in [-0.39, 0.29) is 31.1 Å². The van der Waals surface area contributed by atoms with E-state index in [1.54, 1.807) is 12.3 Å². The lowest BCUT2D eigenvalue weighted by molar-refractivity contribution is -0.289. The van der Waals surface area contributed by atoms with Gasteiger partial charge < -0.3 is 9.47 Å². The molecule has 10 heteroatoms. The van der Waals surface area contributed by atoms with Crippen LogP contribution in [-0.2, 0) is 26.0 Å². The fourth-order valence-corrected chi connectivity index (χ4v) is 4.91. The highest BCUT2D eigenvalue weighted by Crippen LogP contribution is 2.29. The van der Waals surface area contributed by atoms with Crippen LogP contribution in [0, 0.1) is 5.92 Å². The van der Waals surface area contributed by atoms with Gasteiger partial charge in [-0.1, -0.05) is 11.3 Å². The lowest BCUT2D eigenvalue weighted by Crippen LogP contribution is -2.46. The zero-order valence-corrected chi connectivity index (χ0v) is 15.7. The Hall–Kier alpha value is -2.53. The van der Waals surface area contributed by atoms with Crippen LogP contribution in [-0.4, -0.2) is 53.4 Å². The fraction of sp³-hybridized carbons (Fsp3) is 0.333. The lowest BCUT2D eigenvalue weighted by Gasteiger charge is -2.30. The monoisotopic (exact) mass is 408 g/mol. The fourth-order valence-electron chi connectivity index (χ4n) is 3.01. The first kappa shape index (κ1) is 20.2. The largest absolute Gasteiger partial charge is 0.487 e. The summed E-state index contributed by atoms with van der Waals surface area (Å²) in [6.45, 7) is 0.202. The van der Waals surface area contributed by atoms with Crippen molar-refractivity contribution in [2.45, 2.75) is 23.2 Å². The molecule has 1 saturated heterocycles. The summed E-state index contributed by atoms with van der Waals surface area (Å²) in [5.41, 5.74) is 0.736. The predicted molar refractivity (Wildman–Crippen MR) is 95.3 cm³/mol. The van der Waals surface area contributed by atoms with Crippen LogP contribution in [0.2, 0.25) is 0 Å². The SMILES string of the molecule is O=C(C1COCCC1S(=O)(=O)c1ccc(OCc2ccccn2)cc1)N(O)O. The van der Waals surface area contributed by atoms with Crippen molar-refractivity contribution in [2.75, 3.05) is 13.2 Å². The number of amides is 1. The standard InChI is InChI=1S/C18H20N2O7S/c21-18(20(22)23)16-12-26-10-8-17(16)28(24,25)15-6-4-14(5-7-15)27-11-13-3-1-2-9-19-13/h1-7,9,16-17,22-23H,8,10-12H2. The highest BCUT2D eigenvalue weighted by atomic mass is 32.2. The third kappa shape index (κ3) is 4.47. The van der Waals surface area contributed by atoms with Crippen molar-refractivity contribution in [3.8, 4) is 5.75 Å². The van der Waals surface area contributed by atoms with Gasteiger partial charge in [0, 0.05) is 12.8 Å². The van der Waals surface area contributed by atoms with Crippen molar-refractivity contribution in [1.82, 2.24) is 10.2 Å². The average molecular weight is 408 g/mol. The summed E-state index contributed by atoms with van der Waals surface area (Å²) in [7, 11) is -3.89. The van der Waals surface area contributed by atoms with E-state index in [1.165, 1.54) is 24.3 Å². The van der Waals surface area contributed by atoms with Crippen molar-refractivity contribution >= 4 is 15.7 Å². The Kier molecular flexibility index (Phi) is 6.25. The number of carbonyl (C=O) groups is 1. The number of hydrogen-bond donors (Lipinski definition) is 2. The number of hydrogen-bond acceptors (Lipinski definition) is 8. The van der Waals surface area contributed by atoms with Crippen LogP contribution < -0.4 is 4.74 Å². The second kappa shape index (κ2) is 8.65. The number of nitrogens with zero attached hydrogens (tertiary/aromatic N) is 2. The number of ether oxygens (including phenoxy) is 2. The molecule has 0 bridgehead atoms. The number of benzene rings is 1. The van der Waals surface area contributed by atoms with Crippen molar-refractivity contribution in [1.29, 1.82) is 0 Å². The molecule has 2 aromatic rings. The van der Waals surface area contributed by atoms with Gasteiger partial charge in [-0.2, -0.15) is 0 Å². The Morgan fingerprint density at radius 2 is 1.96 bits per heavy atom. The first-order valence-electron chi connectivity index (χ1n) is 8.55. The van der Waals surface area contributed by atoms with E-state index in [0.717, 1.165) is 5.69 Å². The van der Waals surface area contributed by atoms with E-state index >= 15 is 0 Å². The van der Waals surface area contributed by atoms with E-state index in [4.69, 9.17) is 19.9 Å². The van der Waals surface area contributed by atoms with Gasteiger partial charge in [-0.3, -0.25) is 20.2 Å². The summed E-state index contributed by atoms with van der Waals surface area (Å²) >= 11 is 0. The number of rotatable bonds is 6. The van der Waals surface area contributed by atoms with Crippen LogP contribution in [0.5, 0.6) is 5.75 Å². The van der Waals surface area contributed by atoms with Gasteiger partial charge in [-0.25, -0.2) is 8.42 Å². The van der Waals surface area contributed by atoms with Gasteiger partial charge in [-0.05, 0) is 42.8 Å². The Morgan fingerprint density at radius 1 is 1.21 bits per heavy atom. The van der Waals surface area contributed by atoms with E-state index in [2.05, 4.69) is 4.98 Å². The van der Waals surface area contributed by atoms with E-state index in [9.17, 15) is 13.2 Å². The van der Waals surface area contributed by atoms with Gasteiger partial charge in [0.15, 0.2) is 9.84 Å². The maximum atomic E-state index is 13.0. The molecule has 28 heavy (non-hydrogen) atoms. The van der Waals surface area contributed by atoms with Crippen molar-refractivity contribution in [3.05, 3.63) is 54.4 Å². The third-order valence-electron chi connectivity index (χ3n) is 4.47. The molecule has 1 amide bonds. The topological polar surface area (TPSA) is 126 Å². The van der Waals surface area contributed by atoms with E-state index < -0.39 is 32.1 Å². The summed E-state index contributed by atoms with van der Waals surface area (Å²) in [4.78, 5) is 16.1. The molecule has 3 rings (SSSR count). The van der Waals surface area contributed by atoms with Crippen LogP contribution in [0.4, 0.5) is 0 Å². The Morgan fingerprint density at radius 3 is 2.61 bits per heavy atom. The molecule has 0 saturated carbocycles. The normalized spacial score (nSPS) is 19.8. The van der Waals surface area contributed by atoms with Crippen LogP contribution in [0.1, 0.15) is 12.1 Å². The molecular weight excluding hydrogens is 388 g/mol. The predicted octanol–water partition coefficient (Wildman–Crippen LogP) is 1.45. The number of carbonyl (C=O) groups excluding carboxylic acids is 1. The summed E-state index contributed by atoms with van der Waals surface area (Å²) < 4.78 is 36.7. The Bertz CT molecular complexity index is 901. The molecule has 2 N–H and O–H groups in total. The van der Waals surface area contributed by atoms with Crippen LogP contribution in [0.25, 0.3) is 0 Å². The number of hydroxylamine groups is 2. The number of pyridine rings is 1. The molecule has 150 valence electrons. The summed E-state index contributed by atoms with van der Waals surface area (Å²) in [6, 6.07) is 11.3. The number of aromatic nitrogens is 1. The second-order valence-electron chi connectivity index (χ2n) is 6.26. The third-order valence-corrected chi connectivity index (χ3v) is 6.76. The minimum Gasteiger partial charge on any atom is -0.487 e. The molecule has 1 aliphatic rings. The van der Waals surface area contributed by atoms with Gasteiger partial charge >= 0.3 is 0 Å². The molecule has 0 radical (unpaired) electrons. The van der Waals surface area contributed by atoms with Gasteiger partial charge in [0.2, 0.25) is 0 Å². The minimum atomic E-state index is -3.89. The minimum absolute atomic E-state index is 0.0183. The summed E-state index contributed by atoms with van der Waals surface area (Å²) in [5, 5.41) is 16.3. The molecule has 9 nitrogen and oxygen atoms in total. The maximum absolute atomic E-state index is 13.0. The smallest absolute Gasteiger partial charge is 0.279 e. The molecule has 0 aliphatic carbocycles. The molecule has 1 fully saturated rings. The van der Waals surface area contributed by atoms with Crippen LogP contribution >= 0.6 is 0 Å². The molecule has 1 aromatic heterocycles. The highest BCUT2D eigenvalue weighted by Gasteiger charge is 2.42. The van der Waals surface area contributed by atoms with E-state index in [0.29, 0.717) is 5.75 Å². The molecule has 2 heterocycles.